The number of ether oxygens (including phenoxy) is 1. The van der Waals surface area contributed by atoms with E-state index in [4.69, 9.17) is 4.74 Å². The molecule has 0 bridgehead atoms. The molecular weight excluding hydrogens is 238 g/mol. The average molecular weight is 261 g/mol. The lowest BCUT2D eigenvalue weighted by Gasteiger charge is -2.41. The first-order valence-electron chi connectivity index (χ1n) is 6.91. The number of morpholine rings is 1. The van der Waals surface area contributed by atoms with Gasteiger partial charge >= 0.3 is 0 Å². The van der Waals surface area contributed by atoms with E-state index in [2.05, 4.69) is 0 Å². The van der Waals surface area contributed by atoms with E-state index in [1.54, 1.807) is 0 Å². The summed E-state index contributed by atoms with van der Waals surface area (Å²) >= 11 is 0. The van der Waals surface area contributed by atoms with Crippen molar-refractivity contribution in [3.05, 3.63) is 35.9 Å². The number of benzene rings is 1. The second-order valence-corrected chi connectivity index (χ2v) is 5.94. The molecule has 3 heteroatoms. The molecule has 1 aliphatic heterocycles. The van der Waals surface area contributed by atoms with Crippen LogP contribution in [0.2, 0.25) is 0 Å². The molecule has 0 aromatic heterocycles. The average Bonchev–Trinajstić information content (AvgIpc) is 2.41. The Hall–Kier alpha value is -1.35. The second kappa shape index (κ2) is 5.33. The maximum Gasteiger partial charge on any atom is 0.233 e. The molecule has 0 aliphatic carbocycles. The summed E-state index contributed by atoms with van der Waals surface area (Å²) < 4.78 is 5.59. The van der Waals surface area contributed by atoms with Crippen molar-refractivity contribution < 1.29 is 9.53 Å². The highest BCUT2D eigenvalue weighted by molar-refractivity contribution is 5.87. The number of hydrogen-bond acceptors (Lipinski definition) is 2. The van der Waals surface area contributed by atoms with E-state index in [1.165, 1.54) is 0 Å². The van der Waals surface area contributed by atoms with Crippen molar-refractivity contribution in [2.75, 3.05) is 13.2 Å². The van der Waals surface area contributed by atoms with Gasteiger partial charge in [0.15, 0.2) is 0 Å². The first kappa shape index (κ1) is 14.1. The highest BCUT2D eigenvalue weighted by atomic mass is 16.5. The van der Waals surface area contributed by atoms with Gasteiger partial charge < -0.3 is 9.64 Å². The first-order chi connectivity index (χ1) is 8.93. The highest BCUT2D eigenvalue weighted by Crippen LogP contribution is 2.27. The molecule has 1 aromatic carbocycles. The van der Waals surface area contributed by atoms with E-state index in [0.29, 0.717) is 13.2 Å². The maximum absolute atomic E-state index is 12.8. The Morgan fingerprint density at radius 1 is 1.26 bits per heavy atom. The van der Waals surface area contributed by atoms with Crippen LogP contribution in [0.5, 0.6) is 0 Å². The normalized spacial score (nSPS) is 24.3. The van der Waals surface area contributed by atoms with Gasteiger partial charge in [-0.25, -0.2) is 0 Å². The fourth-order valence-electron chi connectivity index (χ4n) is 2.52. The van der Waals surface area contributed by atoms with Crippen molar-refractivity contribution in [3.8, 4) is 0 Å². The molecule has 1 heterocycles. The molecule has 1 aliphatic rings. The van der Waals surface area contributed by atoms with Crippen LogP contribution in [0.25, 0.3) is 0 Å². The van der Waals surface area contributed by atoms with Crippen LogP contribution in [0.4, 0.5) is 0 Å². The zero-order valence-electron chi connectivity index (χ0n) is 12.2. The van der Waals surface area contributed by atoms with Crippen LogP contribution in [0.15, 0.2) is 30.3 Å². The summed E-state index contributed by atoms with van der Waals surface area (Å²) in [6.45, 7) is 9.36. The van der Waals surface area contributed by atoms with Gasteiger partial charge in [0.2, 0.25) is 5.91 Å². The molecule has 0 saturated carbocycles. The van der Waals surface area contributed by atoms with Crippen LogP contribution in [0.3, 0.4) is 0 Å². The molecule has 0 N–H and O–H groups in total. The van der Waals surface area contributed by atoms with E-state index >= 15 is 0 Å². The van der Waals surface area contributed by atoms with E-state index in [-0.39, 0.29) is 18.1 Å². The summed E-state index contributed by atoms with van der Waals surface area (Å²) in [6, 6.07) is 10.1. The topological polar surface area (TPSA) is 29.5 Å². The highest BCUT2D eigenvalue weighted by Gasteiger charge is 2.37. The van der Waals surface area contributed by atoms with Gasteiger partial charge in [0.25, 0.3) is 0 Å². The number of hydrogen-bond donors (Lipinski definition) is 0. The lowest BCUT2D eigenvalue weighted by Crippen LogP contribution is -2.55. The SMILES string of the molecule is CC1CN(C(=O)C(C)(C)c2ccccc2)C(C)CO1. The monoisotopic (exact) mass is 261 g/mol. The molecular formula is C16H23NO2. The van der Waals surface area contributed by atoms with Crippen molar-refractivity contribution in [1.29, 1.82) is 0 Å². The van der Waals surface area contributed by atoms with E-state index < -0.39 is 5.41 Å². The summed E-state index contributed by atoms with van der Waals surface area (Å²) in [6.07, 6.45) is 0.117. The largest absolute Gasteiger partial charge is 0.375 e. The standard InChI is InChI=1S/C16H23NO2/c1-12-11-19-13(2)10-17(12)15(18)16(3,4)14-8-6-5-7-9-14/h5-9,12-13H,10-11H2,1-4H3. The Balaban J connectivity index is 2.22. The fraction of sp³-hybridized carbons (Fsp3) is 0.562. The molecule has 1 fully saturated rings. The third-order valence-electron chi connectivity index (χ3n) is 3.90. The Morgan fingerprint density at radius 3 is 2.53 bits per heavy atom. The lowest BCUT2D eigenvalue weighted by molar-refractivity contribution is -0.148. The van der Waals surface area contributed by atoms with Crippen molar-refractivity contribution in [2.24, 2.45) is 0 Å². The molecule has 1 aromatic rings. The Kier molecular flexibility index (Phi) is 3.95. The van der Waals surface area contributed by atoms with E-state index in [0.717, 1.165) is 5.56 Å². The molecule has 3 nitrogen and oxygen atoms in total. The molecule has 19 heavy (non-hydrogen) atoms. The predicted octanol–water partition coefficient (Wildman–Crippen LogP) is 2.60. The molecule has 0 spiro atoms. The zero-order chi connectivity index (χ0) is 14.0. The summed E-state index contributed by atoms with van der Waals surface area (Å²) in [5.74, 6) is 0.182. The van der Waals surface area contributed by atoms with Crippen LogP contribution in [0.1, 0.15) is 33.3 Å². The number of carbonyl (C=O) groups is 1. The van der Waals surface area contributed by atoms with E-state index in [9.17, 15) is 4.79 Å². The van der Waals surface area contributed by atoms with Gasteiger partial charge in [0.05, 0.1) is 24.2 Å². The maximum atomic E-state index is 12.8. The Bertz CT molecular complexity index is 441. The third kappa shape index (κ3) is 2.81. The van der Waals surface area contributed by atoms with E-state index in [1.807, 2.05) is 62.9 Å². The van der Waals surface area contributed by atoms with Crippen molar-refractivity contribution in [1.82, 2.24) is 4.90 Å². The smallest absolute Gasteiger partial charge is 0.233 e. The summed E-state index contributed by atoms with van der Waals surface area (Å²) in [5, 5.41) is 0. The van der Waals surface area contributed by atoms with Gasteiger partial charge in [0.1, 0.15) is 0 Å². The van der Waals surface area contributed by atoms with Gasteiger partial charge in [-0.15, -0.1) is 0 Å². The van der Waals surface area contributed by atoms with Gasteiger partial charge in [-0.05, 0) is 33.3 Å². The molecule has 1 amide bonds. The lowest BCUT2D eigenvalue weighted by atomic mass is 9.82. The Morgan fingerprint density at radius 2 is 1.89 bits per heavy atom. The molecule has 104 valence electrons. The van der Waals surface area contributed by atoms with Crippen LogP contribution < -0.4 is 0 Å². The first-order valence-corrected chi connectivity index (χ1v) is 6.91. The van der Waals surface area contributed by atoms with Crippen LogP contribution in [-0.2, 0) is 14.9 Å². The molecule has 2 rings (SSSR count). The second-order valence-electron chi connectivity index (χ2n) is 5.94. The van der Waals surface area contributed by atoms with Crippen molar-refractivity contribution >= 4 is 5.91 Å². The molecule has 0 radical (unpaired) electrons. The van der Waals surface area contributed by atoms with Crippen molar-refractivity contribution in [3.63, 3.8) is 0 Å². The quantitative estimate of drug-likeness (QED) is 0.819. The number of amides is 1. The zero-order valence-corrected chi connectivity index (χ0v) is 12.2. The van der Waals surface area contributed by atoms with Gasteiger partial charge in [0, 0.05) is 6.54 Å². The third-order valence-corrected chi connectivity index (χ3v) is 3.90. The number of nitrogens with zero attached hydrogens (tertiary/aromatic N) is 1. The predicted molar refractivity (Wildman–Crippen MR) is 76.1 cm³/mol. The summed E-state index contributed by atoms with van der Waals surface area (Å²) in [5.41, 5.74) is 0.568. The van der Waals surface area contributed by atoms with Gasteiger partial charge in [-0.2, -0.15) is 0 Å². The minimum atomic E-state index is -0.493. The molecule has 2 atom stereocenters. The summed E-state index contributed by atoms with van der Waals surface area (Å²) in [4.78, 5) is 14.8. The fourth-order valence-corrected chi connectivity index (χ4v) is 2.52. The van der Waals surface area contributed by atoms with Crippen LogP contribution in [0, 0.1) is 0 Å². The van der Waals surface area contributed by atoms with Crippen molar-refractivity contribution in [2.45, 2.75) is 45.3 Å². The molecule has 2 unspecified atom stereocenters. The minimum Gasteiger partial charge on any atom is -0.375 e. The minimum absolute atomic E-state index is 0.117. The Labute approximate surface area is 115 Å². The number of rotatable bonds is 2. The van der Waals surface area contributed by atoms with Crippen LogP contribution >= 0.6 is 0 Å². The van der Waals surface area contributed by atoms with Gasteiger partial charge in [-0.1, -0.05) is 30.3 Å². The summed E-state index contributed by atoms with van der Waals surface area (Å²) in [7, 11) is 0. The molecule has 1 saturated heterocycles. The van der Waals surface area contributed by atoms with Gasteiger partial charge in [-0.3, -0.25) is 4.79 Å². The number of carbonyl (C=O) groups excluding carboxylic acids is 1. The van der Waals surface area contributed by atoms with Crippen LogP contribution in [-0.4, -0.2) is 36.1 Å².